The molecule has 24 heavy (non-hydrogen) atoms. The van der Waals surface area contributed by atoms with Gasteiger partial charge in [0.2, 0.25) is 0 Å². The van der Waals surface area contributed by atoms with Crippen molar-refractivity contribution in [1.29, 1.82) is 0 Å². The molecule has 2 heterocycles. The highest BCUT2D eigenvalue weighted by atomic mass is 32.1. The molecular formula is C19H19N3OS. The summed E-state index contributed by atoms with van der Waals surface area (Å²) in [6.07, 6.45) is 4.08. The zero-order chi connectivity index (χ0) is 16.4. The number of nitrogens with one attached hydrogen (secondary N) is 1. The number of benzene rings is 2. The molecule has 4 rings (SSSR count). The Bertz CT molecular complexity index is 847. The molecule has 1 saturated heterocycles. The Labute approximate surface area is 145 Å². The average molecular weight is 337 g/mol. The number of anilines is 1. The van der Waals surface area contributed by atoms with Crippen LogP contribution in [0.4, 0.5) is 5.13 Å². The fourth-order valence-corrected chi connectivity index (χ4v) is 4.04. The Balaban J connectivity index is 1.43. The lowest BCUT2D eigenvalue weighted by molar-refractivity contribution is 0.0951. The zero-order valence-corrected chi connectivity index (χ0v) is 14.1. The second-order valence-electron chi connectivity index (χ2n) is 6.08. The van der Waals surface area contributed by atoms with Crippen molar-refractivity contribution in [3.05, 3.63) is 59.6 Å². The van der Waals surface area contributed by atoms with E-state index in [1.165, 1.54) is 0 Å². The van der Waals surface area contributed by atoms with Crippen molar-refractivity contribution < 1.29 is 4.79 Å². The minimum Gasteiger partial charge on any atom is -0.350 e. The van der Waals surface area contributed by atoms with Gasteiger partial charge in [-0.1, -0.05) is 30.3 Å². The monoisotopic (exact) mass is 337 g/mol. The van der Waals surface area contributed by atoms with Crippen LogP contribution in [0.2, 0.25) is 0 Å². The molecule has 5 heteroatoms. The summed E-state index contributed by atoms with van der Waals surface area (Å²) in [4.78, 5) is 19.2. The number of nitrogens with zero attached hydrogens (tertiary/aromatic N) is 2. The molecule has 0 saturated carbocycles. The summed E-state index contributed by atoms with van der Waals surface area (Å²) in [5.41, 5.74) is 0.715. The molecule has 4 nitrogen and oxygen atoms in total. The van der Waals surface area contributed by atoms with Crippen LogP contribution in [-0.2, 0) is 0 Å². The number of fused-ring (bicyclic) bond motifs is 1. The van der Waals surface area contributed by atoms with Gasteiger partial charge in [0, 0.05) is 36.3 Å². The molecule has 1 fully saturated rings. The molecule has 1 amide bonds. The van der Waals surface area contributed by atoms with Crippen LogP contribution >= 0.6 is 11.3 Å². The van der Waals surface area contributed by atoms with Crippen molar-refractivity contribution in [2.75, 3.05) is 18.0 Å². The van der Waals surface area contributed by atoms with Gasteiger partial charge in [0.05, 0.1) is 0 Å². The van der Waals surface area contributed by atoms with Crippen molar-refractivity contribution in [2.24, 2.45) is 0 Å². The number of thiazole rings is 1. The molecule has 1 unspecified atom stereocenters. The van der Waals surface area contributed by atoms with Crippen LogP contribution in [-0.4, -0.2) is 30.0 Å². The van der Waals surface area contributed by atoms with E-state index in [9.17, 15) is 4.79 Å². The van der Waals surface area contributed by atoms with E-state index in [0.717, 1.165) is 35.3 Å². The van der Waals surface area contributed by atoms with Gasteiger partial charge in [-0.25, -0.2) is 4.98 Å². The molecule has 1 aliphatic heterocycles. The van der Waals surface area contributed by atoms with Gasteiger partial charge < -0.3 is 10.2 Å². The first-order chi connectivity index (χ1) is 11.8. The maximum Gasteiger partial charge on any atom is 0.251 e. The number of rotatable bonds is 4. The van der Waals surface area contributed by atoms with Crippen LogP contribution < -0.4 is 10.2 Å². The molecule has 0 radical (unpaired) electrons. The van der Waals surface area contributed by atoms with Gasteiger partial charge >= 0.3 is 0 Å². The molecule has 0 bridgehead atoms. The van der Waals surface area contributed by atoms with Crippen LogP contribution in [0.25, 0.3) is 10.8 Å². The number of aromatic nitrogens is 1. The van der Waals surface area contributed by atoms with Crippen molar-refractivity contribution in [1.82, 2.24) is 10.3 Å². The first-order valence-corrected chi connectivity index (χ1v) is 9.12. The zero-order valence-electron chi connectivity index (χ0n) is 13.3. The summed E-state index contributed by atoms with van der Waals surface area (Å²) in [5.74, 6) is -0.00765. The Morgan fingerprint density at radius 3 is 2.96 bits per heavy atom. The fourth-order valence-electron chi connectivity index (χ4n) is 3.30. The summed E-state index contributed by atoms with van der Waals surface area (Å²) in [5, 5.41) is 8.39. The third-order valence-corrected chi connectivity index (χ3v) is 5.36. The predicted molar refractivity (Wildman–Crippen MR) is 98.8 cm³/mol. The van der Waals surface area contributed by atoms with E-state index in [1.54, 1.807) is 11.3 Å². The van der Waals surface area contributed by atoms with Crippen molar-refractivity contribution in [2.45, 2.75) is 18.9 Å². The van der Waals surface area contributed by atoms with Gasteiger partial charge in [-0.15, -0.1) is 11.3 Å². The van der Waals surface area contributed by atoms with Crippen LogP contribution in [0.5, 0.6) is 0 Å². The molecular weight excluding hydrogens is 318 g/mol. The van der Waals surface area contributed by atoms with Gasteiger partial charge in [0.15, 0.2) is 5.13 Å². The van der Waals surface area contributed by atoms with Crippen LogP contribution in [0.15, 0.2) is 54.0 Å². The topological polar surface area (TPSA) is 45.2 Å². The third kappa shape index (κ3) is 2.99. The fraction of sp³-hybridized carbons (Fsp3) is 0.263. The molecule has 2 aromatic carbocycles. The molecule has 1 atom stereocenters. The first kappa shape index (κ1) is 15.1. The number of carbonyl (C=O) groups excluding carboxylic acids is 1. The number of hydrogen-bond donors (Lipinski definition) is 1. The van der Waals surface area contributed by atoms with Crippen molar-refractivity contribution in [3.8, 4) is 0 Å². The highest BCUT2D eigenvalue weighted by Gasteiger charge is 2.26. The second-order valence-corrected chi connectivity index (χ2v) is 6.95. The minimum absolute atomic E-state index is 0.00765. The predicted octanol–water partition coefficient (Wildman–Crippen LogP) is 3.70. The SMILES string of the molecule is O=C(NCC1CCCN1c1nccs1)c1ccc2ccccc2c1. The van der Waals surface area contributed by atoms with E-state index in [4.69, 9.17) is 0 Å². The second kappa shape index (κ2) is 6.61. The maximum absolute atomic E-state index is 12.5. The van der Waals surface area contributed by atoms with Gasteiger partial charge in [0.25, 0.3) is 5.91 Å². The van der Waals surface area contributed by atoms with Crippen molar-refractivity contribution >= 4 is 33.1 Å². The summed E-state index contributed by atoms with van der Waals surface area (Å²) >= 11 is 1.66. The first-order valence-electron chi connectivity index (χ1n) is 8.24. The van der Waals surface area contributed by atoms with Crippen LogP contribution in [0.3, 0.4) is 0 Å². The molecule has 0 spiro atoms. The Kier molecular flexibility index (Phi) is 4.17. The van der Waals surface area contributed by atoms with Crippen LogP contribution in [0, 0.1) is 0 Å². The molecule has 1 N–H and O–H groups in total. The maximum atomic E-state index is 12.5. The molecule has 1 aliphatic rings. The Morgan fingerprint density at radius 2 is 2.12 bits per heavy atom. The van der Waals surface area contributed by atoms with Crippen molar-refractivity contribution in [3.63, 3.8) is 0 Å². The van der Waals surface area contributed by atoms with Gasteiger partial charge in [0.1, 0.15) is 0 Å². The van der Waals surface area contributed by atoms with E-state index in [0.29, 0.717) is 18.2 Å². The lowest BCUT2D eigenvalue weighted by atomic mass is 10.1. The standard InChI is InChI=1S/C19H19N3OS/c23-18(16-8-7-14-4-1-2-5-15(14)12-16)21-13-17-6-3-10-22(17)19-20-9-11-24-19/h1-2,4-5,7-9,11-12,17H,3,6,10,13H2,(H,21,23). The van der Waals surface area contributed by atoms with E-state index in [-0.39, 0.29) is 5.91 Å². The number of amides is 1. The number of carbonyl (C=O) groups is 1. The Morgan fingerprint density at radius 1 is 1.25 bits per heavy atom. The normalized spacial score (nSPS) is 17.3. The molecule has 122 valence electrons. The lowest BCUT2D eigenvalue weighted by Crippen LogP contribution is -2.40. The van der Waals surface area contributed by atoms with Gasteiger partial charge in [-0.2, -0.15) is 0 Å². The largest absolute Gasteiger partial charge is 0.350 e. The van der Waals surface area contributed by atoms with E-state index >= 15 is 0 Å². The summed E-state index contributed by atoms with van der Waals surface area (Å²) in [7, 11) is 0. The summed E-state index contributed by atoms with van der Waals surface area (Å²) in [6, 6.07) is 14.3. The smallest absolute Gasteiger partial charge is 0.251 e. The van der Waals surface area contributed by atoms with E-state index < -0.39 is 0 Å². The minimum atomic E-state index is -0.00765. The third-order valence-electron chi connectivity index (χ3n) is 4.55. The molecule has 1 aromatic heterocycles. The highest BCUT2D eigenvalue weighted by molar-refractivity contribution is 7.13. The summed E-state index contributed by atoms with van der Waals surface area (Å²) < 4.78 is 0. The van der Waals surface area contributed by atoms with Gasteiger partial charge in [-0.05, 0) is 35.7 Å². The quantitative estimate of drug-likeness (QED) is 0.790. The van der Waals surface area contributed by atoms with Crippen LogP contribution in [0.1, 0.15) is 23.2 Å². The Hall–Kier alpha value is -2.40. The average Bonchev–Trinajstić information content (AvgIpc) is 3.30. The highest BCUT2D eigenvalue weighted by Crippen LogP contribution is 2.26. The molecule has 0 aliphatic carbocycles. The molecule has 3 aromatic rings. The number of hydrogen-bond acceptors (Lipinski definition) is 4. The van der Waals surface area contributed by atoms with E-state index in [2.05, 4.69) is 21.3 Å². The lowest BCUT2D eigenvalue weighted by Gasteiger charge is -2.24. The van der Waals surface area contributed by atoms with E-state index in [1.807, 2.05) is 48.0 Å². The summed E-state index contributed by atoms with van der Waals surface area (Å²) in [6.45, 7) is 1.68. The van der Waals surface area contributed by atoms with Gasteiger partial charge in [-0.3, -0.25) is 4.79 Å².